The zero-order valence-corrected chi connectivity index (χ0v) is 11.2. The van der Waals surface area contributed by atoms with Crippen LogP contribution in [-0.2, 0) is 0 Å². The van der Waals surface area contributed by atoms with Crippen molar-refractivity contribution in [2.45, 2.75) is 0 Å². The van der Waals surface area contributed by atoms with Crippen LogP contribution in [0.25, 0.3) is 0 Å². The number of nitrogens with one attached hydrogen (secondary N) is 1. The number of anilines is 1. The number of carbonyl (C=O) groups excluding carboxylic acids is 1. The highest BCUT2D eigenvalue weighted by Crippen LogP contribution is 2.25. The number of hydrogen-bond donors (Lipinski definition) is 3. The van der Waals surface area contributed by atoms with Crippen molar-refractivity contribution in [1.29, 1.82) is 0 Å². The lowest BCUT2D eigenvalue weighted by atomic mass is 10.1. The zero-order valence-electron chi connectivity index (χ0n) is 10.4. The van der Waals surface area contributed by atoms with Gasteiger partial charge in [0.1, 0.15) is 11.6 Å². The maximum Gasteiger partial charge on any atom is 0.337 e. The zero-order chi connectivity index (χ0) is 15.6. The Morgan fingerprint density at radius 2 is 1.86 bits per heavy atom. The van der Waals surface area contributed by atoms with Gasteiger partial charge in [-0.1, -0.05) is 17.7 Å². The Bertz CT molecular complexity index is 733. The topological polar surface area (TPSA) is 86.6 Å². The molecule has 108 valence electrons. The summed E-state index contributed by atoms with van der Waals surface area (Å²) in [5.41, 5.74) is -1.01. The lowest BCUT2D eigenvalue weighted by Crippen LogP contribution is -2.16. The number of carbonyl (C=O) groups is 2. The van der Waals surface area contributed by atoms with E-state index in [-0.39, 0.29) is 10.6 Å². The molecular weight excluding hydrogens is 301 g/mol. The molecule has 0 radical (unpaired) electrons. The Balaban J connectivity index is 2.38. The van der Waals surface area contributed by atoms with Crippen molar-refractivity contribution in [3.63, 3.8) is 0 Å². The minimum absolute atomic E-state index is 0.154. The molecule has 2 aromatic rings. The van der Waals surface area contributed by atoms with Crippen LogP contribution >= 0.6 is 11.6 Å². The Morgan fingerprint density at radius 3 is 2.48 bits per heavy atom. The van der Waals surface area contributed by atoms with Gasteiger partial charge in [0.15, 0.2) is 0 Å². The fourth-order valence-corrected chi connectivity index (χ4v) is 1.87. The SMILES string of the molecule is O=C(Nc1c(F)cccc1C(=O)O)c1ccc(Cl)cc1O. The smallest absolute Gasteiger partial charge is 0.337 e. The van der Waals surface area contributed by atoms with E-state index in [1.807, 2.05) is 0 Å². The van der Waals surface area contributed by atoms with E-state index < -0.39 is 34.7 Å². The van der Waals surface area contributed by atoms with Crippen LogP contribution in [0.1, 0.15) is 20.7 Å². The van der Waals surface area contributed by atoms with Gasteiger partial charge in [0.25, 0.3) is 5.91 Å². The molecule has 0 fully saturated rings. The number of halogens is 2. The van der Waals surface area contributed by atoms with Crippen molar-refractivity contribution < 1.29 is 24.2 Å². The molecular formula is C14H9ClFNO4. The van der Waals surface area contributed by atoms with Crippen LogP contribution < -0.4 is 5.32 Å². The van der Waals surface area contributed by atoms with Gasteiger partial charge in [0, 0.05) is 5.02 Å². The molecule has 0 spiro atoms. The van der Waals surface area contributed by atoms with Crippen molar-refractivity contribution in [2.24, 2.45) is 0 Å². The largest absolute Gasteiger partial charge is 0.507 e. The summed E-state index contributed by atoms with van der Waals surface area (Å²) in [7, 11) is 0. The molecule has 21 heavy (non-hydrogen) atoms. The van der Waals surface area contributed by atoms with Crippen LogP contribution in [0.5, 0.6) is 5.75 Å². The third-order valence-corrected chi connectivity index (χ3v) is 2.92. The number of phenolic OH excluding ortho intramolecular Hbond substituents is 1. The van der Waals surface area contributed by atoms with Crippen LogP contribution in [0, 0.1) is 5.82 Å². The van der Waals surface area contributed by atoms with Gasteiger partial charge in [-0.25, -0.2) is 9.18 Å². The maximum absolute atomic E-state index is 13.7. The predicted molar refractivity (Wildman–Crippen MR) is 74.4 cm³/mol. The highest BCUT2D eigenvalue weighted by molar-refractivity contribution is 6.31. The maximum atomic E-state index is 13.7. The van der Waals surface area contributed by atoms with E-state index in [1.165, 1.54) is 18.2 Å². The first-order valence-corrected chi connectivity index (χ1v) is 6.09. The fourth-order valence-electron chi connectivity index (χ4n) is 1.71. The highest BCUT2D eigenvalue weighted by atomic mass is 35.5. The van der Waals surface area contributed by atoms with Gasteiger partial charge in [-0.3, -0.25) is 4.79 Å². The van der Waals surface area contributed by atoms with Gasteiger partial charge in [-0.15, -0.1) is 0 Å². The number of amides is 1. The first-order chi connectivity index (χ1) is 9.90. The number of phenols is 1. The molecule has 0 aliphatic heterocycles. The van der Waals surface area contributed by atoms with E-state index in [0.29, 0.717) is 0 Å². The second kappa shape index (κ2) is 5.80. The van der Waals surface area contributed by atoms with Gasteiger partial charge in [0.2, 0.25) is 0 Å². The molecule has 0 unspecified atom stereocenters. The number of benzene rings is 2. The average molecular weight is 310 g/mol. The highest BCUT2D eigenvalue weighted by Gasteiger charge is 2.19. The molecule has 0 aliphatic carbocycles. The summed E-state index contributed by atoms with van der Waals surface area (Å²) in [6, 6.07) is 7.15. The predicted octanol–water partition coefficient (Wildman–Crippen LogP) is 3.14. The Labute approximate surface area is 123 Å². The van der Waals surface area contributed by atoms with Crippen molar-refractivity contribution in [1.82, 2.24) is 0 Å². The molecule has 2 aromatic carbocycles. The number of carboxylic acid groups (broad SMARTS) is 1. The Hall–Kier alpha value is -2.60. The number of para-hydroxylation sites is 1. The normalized spacial score (nSPS) is 10.2. The third-order valence-electron chi connectivity index (χ3n) is 2.69. The quantitative estimate of drug-likeness (QED) is 0.813. The number of carboxylic acids is 1. The Kier molecular flexibility index (Phi) is 4.09. The van der Waals surface area contributed by atoms with E-state index in [1.54, 1.807) is 0 Å². The molecule has 0 saturated heterocycles. The van der Waals surface area contributed by atoms with Crippen LogP contribution in [0.3, 0.4) is 0 Å². The number of aromatic hydroxyl groups is 1. The van der Waals surface area contributed by atoms with Gasteiger partial charge in [-0.2, -0.15) is 0 Å². The molecule has 0 atom stereocenters. The first-order valence-electron chi connectivity index (χ1n) is 5.72. The van der Waals surface area contributed by atoms with Gasteiger partial charge in [0.05, 0.1) is 16.8 Å². The van der Waals surface area contributed by atoms with Crippen molar-refractivity contribution in [3.05, 3.63) is 58.4 Å². The van der Waals surface area contributed by atoms with Gasteiger partial charge >= 0.3 is 5.97 Å². The molecule has 5 nitrogen and oxygen atoms in total. The Morgan fingerprint density at radius 1 is 1.14 bits per heavy atom. The summed E-state index contributed by atoms with van der Waals surface area (Å²) in [6.45, 7) is 0. The number of aromatic carboxylic acids is 1. The van der Waals surface area contributed by atoms with Crippen LogP contribution in [0.4, 0.5) is 10.1 Å². The van der Waals surface area contributed by atoms with Crippen molar-refractivity contribution >= 4 is 29.2 Å². The number of hydrogen-bond acceptors (Lipinski definition) is 3. The monoisotopic (exact) mass is 309 g/mol. The molecule has 0 bridgehead atoms. The third kappa shape index (κ3) is 3.11. The molecule has 2 rings (SSSR count). The van der Waals surface area contributed by atoms with E-state index in [9.17, 15) is 19.1 Å². The van der Waals surface area contributed by atoms with Crippen LogP contribution in [0.15, 0.2) is 36.4 Å². The molecule has 3 N–H and O–H groups in total. The first kappa shape index (κ1) is 14.8. The summed E-state index contributed by atoms with van der Waals surface area (Å²) in [6.07, 6.45) is 0. The van der Waals surface area contributed by atoms with E-state index in [4.69, 9.17) is 16.7 Å². The second-order valence-electron chi connectivity index (χ2n) is 4.08. The summed E-state index contributed by atoms with van der Waals surface area (Å²) >= 11 is 5.64. The van der Waals surface area contributed by atoms with Crippen LogP contribution in [-0.4, -0.2) is 22.1 Å². The molecule has 1 amide bonds. The minimum atomic E-state index is -1.38. The lowest BCUT2D eigenvalue weighted by molar-refractivity contribution is 0.0697. The summed E-state index contributed by atoms with van der Waals surface area (Å²) in [5, 5.41) is 21.0. The summed E-state index contributed by atoms with van der Waals surface area (Å²) < 4.78 is 13.7. The van der Waals surface area contributed by atoms with E-state index in [0.717, 1.165) is 18.2 Å². The molecule has 0 saturated carbocycles. The van der Waals surface area contributed by atoms with Crippen LogP contribution in [0.2, 0.25) is 5.02 Å². The number of rotatable bonds is 3. The summed E-state index contributed by atoms with van der Waals surface area (Å²) in [4.78, 5) is 23.0. The lowest BCUT2D eigenvalue weighted by Gasteiger charge is -2.10. The standard InChI is InChI=1S/C14H9ClFNO4/c15-7-4-5-8(11(18)6-7)13(19)17-12-9(14(20)21)2-1-3-10(12)16/h1-6,18H,(H,17,19)(H,20,21). The summed E-state index contributed by atoms with van der Waals surface area (Å²) in [5.74, 6) is -3.52. The van der Waals surface area contributed by atoms with Gasteiger partial charge < -0.3 is 15.5 Å². The van der Waals surface area contributed by atoms with Crippen molar-refractivity contribution in [2.75, 3.05) is 5.32 Å². The molecule has 0 aromatic heterocycles. The second-order valence-corrected chi connectivity index (χ2v) is 4.52. The minimum Gasteiger partial charge on any atom is -0.507 e. The van der Waals surface area contributed by atoms with Gasteiger partial charge in [-0.05, 0) is 30.3 Å². The van der Waals surface area contributed by atoms with E-state index in [2.05, 4.69) is 5.32 Å². The molecule has 7 heteroatoms. The van der Waals surface area contributed by atoms with Crippen molar-refractivity contribution in [3.8, 4) is 5.75 Å². The average Bonchev–Trinajstić information content (AvgIpc) is 2.40. The fraction of sp³-hybridized carbons (Fsp3) is 0. The molecule has 0 heterocycles. The molecule has 0 aliphatic rings. The van der Waals surface area contributed by atoms with E-state index >= 15 is 0 Å².